The topological polar surface area (TPSA) is 58.4 Å². The van der Waals surface area contributed by atoms with Gasteiger partial charge in [-0.15, -0.1) is 0 Å². The minimum absolute atomic E-state index is 0.384. The Morgan fingerprint density at radius 2 is 1.27 bits per heavy atom. The number of hydrogen-bond donors (Lipinski definition) is 1. The van der Waals surface area contributed by atoms with Gasteiger partial charge in [-0.05, 0) is 13.0 Å². The van der Waals surface area contributed by atoms with E-state index in [2.05, 4.69) is 15.1 Å². The number of oxime groups is 1. The molecule has 0 saturated carbocycles. The SMILES string of the molecule is C/C(=N/O)c1nc(-c2ccccc2)cc(-c2ccccc2)n1. The first kappa shape index (κ1) is 13.9. The molecule has 1 N–H and O–H groups in total. The highest BCUT2D eigenvalue weighted by atomic mass is 16.4. The first-order chi connectivity index (χ1) is 10.8. The molecule has 1 aromatic heterocycles. The highest BCUT2D eigenvalue weighted by molar-refractivity contribution is 5.95. The number of nitrogens with zero attached hydrogens (tertiary/aromatic N) is 3. The van der Waals surface area contributed by atoms with Crippen molar-refractivity contribution in [3.63, 3.8) is 0 Å². The third kappa shape index (κ3) is 2.86. The number of aromatic nitrogens is 2. The molecule has 2 aromatic carbocycles. The molecule has 0 aliphatic heterocycles. The van der Waals surface area contributed by atoms with E-state index in [0.717, 1.165) is 22.5 Å². The Kier molecular flexibility index (Phi) is 3.92. The summed E-state index contributed by atoms with van der Waals surface area (Å²) >= 11 is 0. The first-order valence-electron chi connectivity index (χ1n) is 6.97. The third-order valence-corrected chi connectivity index (χ3v) is 3.34. The van der Waals surface area contributed by atoms with Crippen LogP contribution >= 0.6 is 0 Å². The van der Waals surface area contributed by atoms with Crippen LogP contribution in [-0.4, -0.2) is 20.9 Å². The summed E-state index contributed by atoms with van der Waals surface area (Å²) in [6.45, 7) is 1.68. The van der Waals surface area contributed by atoms with E-state index >= 15 is 0 Å². The van der Waals surface area contributed by atoms with Crippen LogP contribution < -0.4 is 0 Å². The quantitative estimate of drug-likeness (QED) is 0.450. The maximum atomic E-state index is 9.02. The smallest absolute Gasteiger partial charge is 0.178 e. The minimum atomic E-state index is 0.384. The van der Waals surface area contributed by atoms with Gasteiger partial charge in [0.2, 0.25) is 0 Å². The van der Waals surface area contributed by atoms with E-state index in [-0.39, 0.29) is 0 Å². The predicted octanol–water partition coefficient (Wildman–Crippen LogP) is 4.01. The van der Waals surface area contributed by atoms with E-state index in [4.69, 9.17) is 5.21 Å². The first-order valence-corrected chi connectivity index (χ1v) is 6.97. The zero-order chi connectivity index (χ0) is 15.4. The standard InChI is InChI=1S/C18H15N3O/c1-13(21-22)18-19-16(14-8-4-2-5-9-14)12-17(20-18)15-10-6-3-7-11-15/h2-12,22H,1H3/b21-13-. The second-order valence-corrected chi connectivity index (χ2v) is 4.88. The van der Waals surface area contributed by atoms with Gasteiger partial charge >= 0.3 is 0 Å². The van der Waals surface area contributed by atoms with Crippen molar-refractivity contribution in [1.29, 1.82) is 0 Å². The molecule has 3 aromatic rings. The fourth-order valence-corrected chi connectivity index (χ4v) is 2.17. The van der Waals surface area contributed by atoms with E-state index in [0.29, 0.717) is 11.5 Å². The molecule has 0 bridgehead atoms. The summed E-state index contributed by atoms with van der Waals surface area (Å²) in [5.41, 5.74) is 3.97. The van der Waals surface area contributed by atoms with E-state index in [1.54, 1.807) is 6.92 Å². The van der Waals surface area contributed by atoms with Crippen molar-refractivity contribution in [1.82, 2.24) is 9.97 Å². The Labute approximate surface area is 128 Å². The van der Waals surface area contributed by atoms with E-state index in [1.807, 2.05) is 66.7 Å². The Morgan fingerprint density at radius 3 is 1.68 bits per heavy atom. The highest BCUT2D eigenvalue weighted by Gasteiger charge is 2.10. The molecule has 22 heavy (non-hydrogen) atoms. The van der Waals surface area contributed by atoms with Crippen molar-refractivity contribution >= 4 is 5.71 Å². The van der Waals surface area contributed by atoms with Crippen LogP contribution in [0.3, 0.4) is 0 Å². The van der Waals surface area contributed by atoms with E-state index in [1.165, 1.54) is 0 Å². The lowest BCUT2D eigenvalue weighted by Crippen LogP contribution is -2.05. The predicted molar refractivity (Wildman–Crippen MR) is 86.9 cm³/mol. The molecule has 0 radical (unpaired) electrons. The summed E-state index contributed by atoms with van der Waals surface area (Å²) in [6.07, 6.45) is 0. The van der Waals surface area contributed by atoms with Crippen LogP contribution in [0, 0.1) is 0 Å². The second-order valence-electron chi connectivity index (χ2n) is 4.88. The lowest BCUT2D eigenvalue weighted by Gasteiger charge is -2.08. The van der Waals surface area contributed by atoms with Crippen LogP contribution in [0.25, 0.3) is 22.5 Å². The van der Waals surface area contributed by atoms with Gasteiger partial charge < -0.3 is 5.21 Å². The van der Waals surface area contributed by atoms with Crippen LogP contribution in [0.15, 0.2) is 71.9 Å². The van der Waals surface area contributed by atoms with Crippen LogP contribution in [0.1, 0.15) is 12.7 Å². The lowest BCUT2D eigenvalue weighted by atomic mass is 10.1. The Hall–Kier alpha value is -3.01. The highest BCUT2D eigenvalue weighted by Crippen LogP contribution is 2.23. The fourth-order valence-electron chi connectivity index (χ4n) is 2.17. The Morgan fingerprint density at radius 1 is 0.818 bits per heavy atom. The van der Waals surface area contributed by atoms with Crippen molar-refractivity contribution in [2.45, 2.75) is 6.92 Å². The maximum absolute atomic E-state index is 9.02. The summed E-state index contributed by atoms with van der Waals surface area (Å²) < 4.78 is 0. The van der Waals surface area contributed by atoms with Crippen molar-refractivity contribution in [2.75, 3.05) is 0 Å². The zero-order valence-electron chi connectivity index (χ0n) is 12.1. The molecule has 0 saturated heterocycles. The summed E-state index contributed by atoms with van der Waals surface area (Å²) in [6, 6.07) is 21.7. The van der Waals surface area contributed by atoms with Crippen molar-refractivity contribution in [2.24, 2.45) is 5.16 Å². The molecule has 108 valence electrons. The van der Waals surface area contributed by atoms with Gasteiger partial charge in [-0.2, -0.15) is 0 Å². The van der Waals surface area contributed by atoms with Crippen LogP contribution in [0.4, 0.5) is 0 Å². The van der Waals surface area contributed by atoms with Gasteiger partial charge in [0.25, 0.3) is 0 Å². The largest absolute Gasteiger partial charge is 0.411 e. The summed E-state index contributed by atoms with van der Waals surface area (Å²) in [5.74, 6) is 0.419. The average molecular weight is 289 g/mol. The monoisotopic (exact) mass is 289 g/mol. The lowest BCUT2D eigenvalue weighted by molar-refractivity contribution is 0.318. The van der Waals surface area contributed by atoms with Gasteiger partial charge in [-0.25, -0.2) is 9.97 Å². The summed E-state index contributed by atoms with van der Waals surface area (Å²) in [7, 11) is 0. The van der Waals surface area contributed by atoms with Crippen molar-refractivity contribution in [3.8, 4) is 22.5 Å². The van der Waals surface area contributed by atoms with Gasteiger partial charge in [0, 0.05) is 11.1 Å². The van der Waals surface area contributed by atoms with Gasteiger partial charge in [0.1, 0.15) is 5.71 Å². The molecule has 0 atom stereocenters. The molecule has 0 spiro atoms. The summed E-state index contributed by atoms with van der Waals surface area (Å²) in [5, 5.41) is 12.2. The number of hydrogen-bond acceptors (Lipinski definition) is 4. The molecule has 0 unspecified atom stereocenters. The van der Waals surface area contributed by atoms with Crippen LogP contribution in [0.5, 0.6) is 0 Å². The molecule has 0 aliphatic rings. The second kappa shape index (κ2) is 6.18. The molecule has 4 nitrogen and oxygen atoms in total. The molecule has 0 fully saturated rings. The maximum Gasteiger partial charge on any atom is 0.178 e. The van der Waals surface area contributed by atoms with Crippen molar-refractivity contribution in [3.05, 3.63) is 72.6 Å². The third-order valence-electron chi connectivity index (χ3n) is 3.34. The van der Waals surface area contributed by atoms with E-state index < -0.39 is 0 Å². The molecule has 1 heterocycles. The Bertz CT molecular complexity index is 741. The van der Waals surface area contributed by atoms with Gasteiger partial charge in [-0.1, -0.05) is 65.8 Å². The van der Waals surface area contributed by atoms with Gasteiger partial charge in [-0.3, -0.25) is 0 Å². The van der Waals surface area contributed by atoms with Gasteiger partial charge in [0.05, 0.1) is 11.4 Å². The normalized spacial score (nSPS) is 11.4. The number of rotatable bonds is 3. The van der Waals surface area contributed by atoms with Crippen LogP contribution in [-0.2, 0) is 0 Å². The Balaban J connectivity index is 2.19. The fraction of sp³-hybridized carbons (Fsp3) is 0.0556. The average Bonchev–Trinajstić information content (AvgIpc) is 2.62. The molecule has 3 rings (SSSR count). The van der Waals surface area contributed by atoms with Gasteiger partial charge in [0.15, 0.2) is 5.82 Å². The molecule has 0 aliphatic carbocycles. The molecule has 0 amide bonds. The molecular weight excluding hydrogens is 274 g/mol. The zero-order valence-corrected chi connectivity index (χ0v) is 12.1. The molecular formula is C18H15N3O. The minimum Gasteiger partial charge on any atom is -0.411 e. The summed E-state index contributed by atoms with van der Waals surface area (Å²) in [4.78, 5) is 9.00. The van der Waals surface area contributed by atoms with Crippen LogP contribution in [0.2, 0.25) is 0 Å². The van der Waals surface area contributed by atoms with Crippen molar-refractivity contribution < 1.29 is 5.21 Å². The molecule has 4 heteroatoms. The van der Waals surface area contributed by atoms with E-state index in [9.17, 15) is 0 Å². The number of benzene rings is 2.